The highest BCUT2D eigenvalue weighted by Gasteiger charge is 2.08. The lowest BCUT2D eigenvalue weighted by atomic mass is 10.3. The molecule has 0 radical (unpaired) electrons. The van der Waals surface area contributed by atoms with E-state index < -0.39 is 0 Å². The molecule has 0 fully saturated rings. The Bertz CT molecular complexity index is 111. The Morgan fingerprint density at radius 3 is 2.10 bits per heavy atom. The minimum Gasteiger partial charge on any atom is -0.228 e. The number of nitrogens with zero attached hydrogens (tertiary/aromatic N) is 1. The Morgan fingerprint density at radius 2 is 1.80 bits per heavy atom. The first-order valence-electron chi connectivity index (χ1n) is 3.63. The van der Waals surface area contributed by atoms with Crippen LogP contribution < -0.4 is 0 Å². The van der Waals surface area contributed by atoms with E-state index in [2.05, 4.69) is 39.0 Å². The monoisotopic (exact) mass is 159 g/mol. The van der Waals surface area contributed by atoms with Gasteiger partial charge in [-0.15, -0.1) is 0 Å². The first-order valence-corrected chi connectivity index (χ1v) is 4.41. The molecule has 60 valence electrons. The topological polar surface area (TPSA) is 12.4 Å². The fourth-order valence-electron chi connectivity index (χ4n) is 0.310. The first kappa shape index (κ1) is 10.0. The van der Waals surface area contributed by atoms with Crippen LogP contribution in [0, 0.1) is 5.92 Å². The summed E-state index contributed by atoms with van der Waals surface area (Å²) >= 11 is 1.63. The van der Waals surface area contributed by atoms with Gasteiger partial charge in [0.25, 0.3) is 0 Å². The van der Waals surface area contributed by atoms with E-state index in [0.717, 1.165) is 0 Å². The second kappa shape index (κ2) is 4.02. The molecule has 0 bridgehead atoms. The summed E-state index contributed by atoms with van der Waals surface area (Å²) in [5, 5.41) is 0. The van der Waals surface area contributed by atoms with Gasteiger partial charge in [0.1, 0.15) is 0 Å². The second-order valence-corrected chi connectivity index (χ2v) is 5.32. The third-order valence-corrected chi connectivity index (χ3v) is 1.46. The van der Waals surface area contributed by atoms with Crippen molar-refractivity contribution in [2.24, 2.45) is 10.3 Å². The summed E-state index contributed by atoms with van der Waals surface area (Å²) < 4.78 is 4.49. The standard InChI is InChI=1S/C8H17NS/c1-7(2)6-9-10-8(3,4)5/h6-7H,1-5H3. The molecule has 0 saturated heterocycles. The molecule has 0 saturated carbocycles. The predicted molar refractivity (Wildman–Crippen MR) is 50.7 cm³/mol. The summed E-state index contributed by atoms with van der Waals surface area (Å²) in [6.45, 7) is 10.7. The van der Waals surface area contributed by atoms with Crippen molar-refractivity contribution in [3.05, 3.63) is 0 Å². The molecule has 0 aromatic rings. The minimum absolute atomic E-state index is 0.255. The van der Waals surface area contributed by atoms with Crippen molar-refractivity contribution in [2.45, 2.75) is 39.4 Å². The maximum absolute atomic E-state index is 4.23. The van der Waals surface area contributed by atoms with Crippen molar-refractivity contribution in [3.63, 3.8) is 0 Å². The summed E-state index contributed by atoms with van der Waals surface area (Å²) in [5.74, 6) is 0.565. The molecule has 0 aliphatic heterocycles. The van der Waals surface area contributed by atoms with E-state index in [1.807, 2.05) is 6.21 Å². The molecule has 0 aliphatic carbocycles. The van der Waals surface area contributed by atoms with Gasteiger partial charge in [-0.05, 0) is 38.6 Å². The molecule has 0 heterocycles. The van der Waals surface area contributed by atoms with E-state index in [4.69, 9.17) is 0 Å². The van der Waals surface area contributed by atoms with Gasteiger partial charge in [0.05, 0.1) is 0 Å². The minimum atomic E-state index is 0.255. The van der Waals surface area contributed by atoms with E-state index in [0.29, 0.717) is 5.92 Å². The quantitative estimate of drug-likeness (QED) is 0.445. The molecule has 0 aromatic carbocycles. The molecule has 2 heteroatoms. The predicted octanol–water partition coefficient (Wildman–Crippen LogP) is 3.16. The molecule has 0 unspecified atom stereocenters. The van der Waals surface area contributed by atoms with Crippen molar-refractivity contribution in [1.82, 2.24) is 0 Å². The van der Waals surface area contributed by atoms with Crippen LogP contribution >= 0.6 is 11.9 Å². The van der Waals surface area contributed by atoms with Gasteiger partial charge in [0.2, 0.25) is 0 Å². The highest BCUT2D eigenvalue weighted by molar-refractivity contribution is 7.99. The molecule has 0 atom stereocenters. The van der Waals surface area contributed by atoms with E-state index in [1.54, 1.807) is 11.9 Å². The fourth-order valence-corrected chi connectivity index (χ4v) is 0.931. The smallest absolute Gasteiger partial charge is 0.0294 e. The van der Waals surface area contributed by atoms with E-state index in [9.17, 15) is 0 Å². The Balaban J connectivity index is 3.54. The van der Waals surface area contributed by atoms with Gasteiger partial charge in [0, 0.05) is 11.0 Å². The lowest BCUT2D eigenvalue weighted by Crippen LogP contribution is -2.05. The molecule has 0 rings (SSSR count). The largest absolute Gasteiger partial charge is 0.228 e. The SMILES string of the molecule is CC(C)C=NSC(C)(C)C. The summed E-state index contributed by atoms with van der Waals surface area (Å²) in [4.78, 5) is 0. The summed E-state index contributed by atoms with van der Waals surface area (Å²) in [6.07, 6.45) is 1.98. The van der Waals surface area contributed by atoms with Gasteiger partial charge in [-0.25, -0.2) is 4.40 Å². The molecule has 10 heavy (non-hydrogen) atoms. The highest BCUT2D eigenvalue weighted by Crippen LogP contribution is 2.23. The molecule has 0 spiro atoms. The maximum atomic E-state index is 4.23. The van der Waals surface area contributed by atoms with Gasteiger partial charge in [-0.3, -0.25) is 0 Å². The van der Waals surface area contributed by atoms with Crippen molar-refractivity contribution in [2.75, 3.05) is 0 Å². The van der Waals surface area contributed by atoms with Gasteiger partial charge in [-0.2, -0.15) is 0 Å². The van der Waals surface area contributed by atoms with Crippen LogP contribution in [0.4, 0.5) is 0 Å². The van der Waals surface area contributed by atoms with Crippen LogP contribution in [-0.2, 0) is 0 Å². The summed E-state index contributed by atoms with van der Waals surface area (Å²) in [7, 11) is 0. The summed E-state index contributed by atoms with van der Waals surface area (Å²) in [5.41, 5.74) is 0. The van der Waals surface area contributed by atoms with Gasteiger partial charge in [0.15, 0.2) is 0 Å². The summed E-state index contributed by atoms with van der Waals surface area (Å²) in [6, 6.07) is 0. The van der Waals surface area contributed by atoms with Crippen molar-refractivity contribution in [1.29, 1.82) is 0 Å². The Hall–Kier alpha value is 0.0200. The van der Waals surface area contributed by atoms with Crippen LogP contribution in [0.5, 0.6) is 0 Å². The Labute approximate surface area is 68.4 Å². The van der Waals surface area contributed by atoms with Gasteiger partial charge >= 0.3 is 0 Å². The van der Waals surface area contributed by atoms with Gasteiger partial charge < -0.3 is 0 Å². The number of hydrogen-bond acceptors (Lipinski definition) is 2. The van der Waals surface area contributed by atoms with E-state index in [-0.39, 0.29) is 4.75 Å². The zero-order chi connectivity index (χ0) is 8.20. The lowest BCUT2D eigenvalue weighted by molar-refractivity contribution is 0.803. The third-order valence-electron chi connectivity index (χ3n) is 0.686. The molecule has 0 amide bonds. The molecule has 0 N–H and O–H groups in total. The fraction of sp³-hybridized carbons (Fsp3) is 0.875. The zero-order valence-electron chi connectivity index (χ0n) is 7.51. The van der Waals surface area contributed by atoms with Crippen LogP contribution in [0.25, 0.3) is 0 Å². The average molecular weight is 159 g/mol. The molecule has 0 aromatic heterocycles. The molecule has 0 aliphatic rings. The van der Waals surface area contributed by atoms with Gasteiger partial charge in [-0.1, -0.05) is 13.8 Å². The van der Waals surface area contributed by atoms with Crippen LogP contribution in [0.1, 0.15) is 34.6 Å². The lowest BCUT2D eigenvalue weighted by Gasteiger charge is -2.12. The van der Waals surface area contributed by atoms with Crippen LogP contribution in [-0.4, -0.2) is 11.0 Å². The Morgan fingerprint density at radius 1 is 1.30 bits per heavy atom. The first-order chi connectivity index (χ1) is 4.42. The Kier molecular flexibility index (Phi) is 4.02. The molecular formula is C8H17NS. The highest BCUT2D eigenvalue weighted by atomic mass is 32.2. The van der Waals surface area contributed by atoms with Crippen LogP contribution in [0.3, 0.4) is 0 Å². The van der Waals surface area contributed by atoms with Crippen molar-refractivity contribution < 1.29 is 0 Å². The zero-order valence-corrected chi connectivity index (χ0v) is 8.33. The molecule has 1 nitrogen and oxygen atoms in total. The van der Waals surface area contributed by atoms with E-state index >= 15 is 0 Å². The third kappa shape index (κ3) is 8.02. The normalized spacial score (nSPS) is 13.4. The average Bonchev–Trinajstić information content (AvgIpc) is 1.59. The molecular weight excluding hydrogens is 142 g/mol. The van der Waals surface area contributed by atoms with Crippen LogP contribution in [0.2, 0.25) is 0 Å². The van der Waals surface area contributed by atoms with Crippen LogP contribution in [0.15, 0.2) is 4.40 Å². The number of rotatable bonds is 2. The number of hydrogen-bond donors (Lipinski definition) is 0. The van der Waals surface area contributed by atoms with Crippen molar-refractivity contribution >= 4 is 18.2 Å². The van der Waals surface area contributed by atoms with Crippen molar-refractivity contribution in [3.8, 4) is 0 Å². The maximum Gasteiger partial charge on any atom is 0.0294 e. The second-order valence-electron chi connectivity index (χ2n) is 3.70. The van der Waals surface area contributed by atoms with E-state index in [1.165, 1.54) is 0 Å².